The highest BCUT2D eigenvalue weighted by Gasteiger charge is 2.28. The van der Waals surface area contributed by atoms with Crippen LogP contribution in [0, 0.1) is 20.8 Å². The summed E-state index contributed by atoms with van der Waals surface area (Å²) in [6.07, 6.45) is 2.23. The van der Waals surface area contributed by atoms with Gasteiger partial charge in [0.1, 0.15) is 0 Å². The quantitative estimate of drug-likeness (QED) is 0.782. The van der Waals surface area contributed by atoms with Crippen LogP contribution in [0.2, 0.25) is 0 Å². The second-order valence-electron chi connectivity index (χ2n) is 6.65. The molecule has 5 heteroatoms. The molecule has 2 aromatic heterocycles. The van der Waals surface area contributed by atoms with Gasteiger partial charge in [0.15, 0.2) is 0 Å². The van der Waals surface area contributed by atoms with Crippen LogP contribution in [0.4, 0.5) is 5.69 Å². The lowest BCUT2D eigenvalue weighted by Gasteiger charge is -2.09. The van der Waals surface area contributed by atoms with Crippen LogP contribution in [0.3, 0.4) is 0 Å². The van der Waals surface area contributed by atoms with Crippen molar-refractivity contribution in [2.45, 2.75) is 39.5 Å². The average Bonchev–Trinajstić information content (AvgIpc) is 3.30. The second-order valence-corrected chi connectivity index (χ2v) is 6.65. The topological polar surface area (TPSA) is 68.0 Å². The molecule has 3 aromatic rings. The van der Waals surface area contributed by atoms with Crippen molar-refractivity contribution in [1.82, 2.24) is 10.1 Å². The maximum Gasteiger partial charge on any atom is 0.259 e. The third-order valence-corrected chi connectivity index (χ3v) is 4.36. The molecular weight excluding hydrogens is 302 g/mol. The highest BCUT2D eigenvalue weighted by atomic mass is 16.5. The van der Waals surface area contributed by atoms with Crippen LogP contribution in [-0.4, -0.2) is 16.0 Å². The summed E-state index contributed by atoms with van der Waals surface area (Å²) in [6.45, 7) is 5.86. The summed E-state index contributed by atoms with van der Waals surface area (Å²) in [7, 11) is 0. The summed E-state index contributed by atoms with van der Waals surface area (Å²) in [5.74, 6) is 0.285. The Labute approximate surface area is 140 Å². The van der Waals surface area contributed by atoms with E-state index in [0.29, 0.717) is 28.3 Å². The SMILES string of the molecule is Cc1cc(C)cc(NC(=O)c2cc(C3CC3)nc3onc(C)c23)c1. The fraction of sp³-hybridized carbons (Fsp3) is 0.316. The first-order valence-electron chi connectivity index (χ1n) is 8.18. The zero-order valence-electron chi connectivity index (χ0n) is 14.0. The lowest BCUT2D eigenvalue weighted by Crippen LogP contribution is -2.13. The van der Waals surface area contributed by atoms with E-state index < -0.39 is 0 Å². The van der Waals surface area contributed by atoms with Gasteiger partial charge in [-0.25, -0.2) is 4.98 Å². The molecule has 1 fully saturated rings. The van der Waals surface area contributed by atoms with Crippen molar-refractivity contribution in [2.75, 3.05) is 5.32 Å². The molecule has 1 amide bonds. The number of aromatic nitrogens is 2. The van der Waals surface area contributed by atoms with Gasteiger partial charge in [-0.1, -0.05) is 11.2 Å². The molecule has 0 aliphatic heterocycles. The van der Waals surface area contributed by atoms with E-state index in [1.54, 1.807) is 0 Å². The maximum atomic E-state index is 12.9. The minimum atomic E-state index is -0.152. The summed E-state index contributed by atoms with van der Waals surface area (Å²) < 4.78 is 5.31. The number of hydrogen-bond donors (Lipinski definition) is 1. The first kappa shape index (κ1) is 14.9. The number of pyridine rings is 1. The van der Waals surface area contributed by atoms with Crippen molar-refractivity contribution < 1.29 is 9.32 Å². The van der Waals surface area contributed by atoms with E-state index in [1.165, 1.54) is 0 Å². The zero-order chi connectivity index (χ0) is 16.8. The van der Waals surface area contributed by atoms with Crippen molar-refractivity contribution in [3.05, 3.63) is 52.3 Å². The molecule has 1 aromatic carbocycles. The van der Waals surface area contributed by atoms with E-state index in [0.717, 1.165) is 35.3 Å². The Morgan fingerprint density at radius 3 is 2.50 bits per heavy atom. The Morgan fingerprint density at radius 1 is 1.12 bits per heavy atom. The van der Waals surface area contributed by atoms with Crippen molar-refractivity contribution in [2.24, 2.45) is 0 Å². The first-order chi connectivity index (χ1) is 11.5. The van der Waals surface area contributed by atoms with Gasteiger partial charge in [0, 0.05) is 17.3 Å². The monoisotopic (exact) mass is 321 g/mol. The summed E-state index contributed by atoms with van der Waals surface area (Å²) in [4.78, 5) is 17.4. The number of benzene rings is 1. The van der Waals surface area contributed by atoms with Gasteiger partial charge < -0.3 is 9.84 Å². The molecule has 0 radical (unpaired) electrons. The highest BCUT2D eigenvalue weighted by Crippen LogP contribution is 2.40. The molecule has 0 spiro atoms. The van der Waals surface area contributed by atoms with Gasteiger partial charge in [0.25, 0.3) is 11.6 Å². The van der Waals surface area contributed by atoms with Gasteiger partial charge in [0.2, 0.25) is 0 Å². The molecule has 122 valence electrons. The Kier molecular flexibility index (Phi) is 3.37. The zero-order valence-corrected chi connectivity index (χ0v) is 14.0. The standard InChI is InChI=1S/C19H19N3O2/c1-10-6-11(2)8-14(7-10)20-18(23)15-9-16(13-4-5-13)21-19-17(15)12(3)22-24-19/h6-9,13H,4-5H2,1-3H3,(H,20,23). The largest absolute Gasteiger partial charge is 0.336 e. The molecule has 1 N–H and O–H groups in total. The van der Waals surface area contributed by atoms with Gasteiger partial charge in [-0.3, -0.25) is 4.79 Å². The van der Waals surface area contributed by atoms with Crippen LogP contribution >= 0.6 is 0 Å². The van der Waals surface area contributed by atoms with E-state index in [9.17, 15) is 4.79 Å². The van der Waals surface area contributed by atoms with Crippen molar-refractivity contribution >= 4 is 22.7 Å². The van der Waals surface area contributed by atoms with Gasteiger partial charge in [-0.15, -0.1) is 0 Å². The summed E-state index contributed by atoms with van der Waals surface area (Å²) in [5.41, 5.74) is 5.66. The predicted octanol–water partition coefficient (Wildman–Crippen LogP) is 4.28. The number of nitrogens with zero attached hydrogens (tertiary/aromatic N) is 2. The predicted molar refractivity (Wildman–Crippen MR) is 92.4 cm³/mol. The molecule has 5 nitrogen and oxygen atoms in total. The molecule has 1 aliphatic rings. The molecule has 0 bridgehead atoms. The molecule has 2 heterocycles. The van der Waals surface area contributed by atoms with Crippen LogP contribution in [0.1, 0.15) is 51.6 Å². The van der Waals surface area contributed by atoms with Crippen molar-refractivity contribution in [3.8, 4) is 0 Å². The third-order valence-electron chi connectivity index (χ3n) is 4.36. The van der Waals surface area contributed by atoms with Crippen LogP contribution in [0.15, 0.2) is 28.8 Å². The normalized spacial score (nSPS) is 14.1. The number of anilines is 1. The molecule has 0 saturated heterocycles. The van der Waals surface area contributed by atoms with E-state index in [4.69, 9.17) is 4.52 Å². The number of rotatable bonds is 3. The average molecular weight is 321 g/mol. The maximum absolute atomic E-state index is 12.9. The Balaban J connectivity index is 1.76. The van der Waals surface area contributed by atoms with E-state index in [2.05, 4.69) is 21.5 Å². The first-order valence-corrected chi connectivity index (χ1v) is 8.18. The fourth-order valence-corrected chi connectivity index (χ4v) is 3.13. The Morgan fingerprint density at radius 2 is 1.83 bits per heavy atom. The molecule has 0 unspecified atom stereocenters. The molecule has 24 heavy (non-hydrogen) atoms. The molecule has 1 aliphatic carbocycles. The van der Waals surface area contributed by atoms with E-state index in [-0.39, 0.29) is 5.91 Å². The van der Waals surface area contributed by atoms with E-state index >= 15 is 0 Å². The van der Waals surface area contributed by atoms with E-state index in [1.807, 2.05) is 39.0 Å². The number of fused-ring (bicyclic) bond motifs is 1. The molecule has 0 atom stereocenters. The van der Waals surface area contributed by atoms with Gasteiger partial charge in [0.05, 0.1) is 16.6 Å². The number of amides is 1. The number of carbonyl (C=O) groups excluding carboxylic acids is 1. The minimum Gasteiger partial charge on any atom is -0.336 e. The minimum absolute atomic E-state index is 0.152. The van der Waals surface area contributed by atoms with Gasteiger partial charge in [-0.2, -0.15) is 0 Å². The number of hydrogen-bond acceptors (Lipinski definition) is 4. The molecule has 1 saturated carbocycles. The van der Waals surface area contributed by atoms with Crippen LogP contribution in [0.5, 0.6) is 0 Å². The van der Waals surface area contributed by atoms with Crippen molar-refractivity contribution in [3.63, 3.8) is 0 Å². The highest BCUT2D eigenvalue weighted by molar-refractivity contribution is 6.12. The number of carbonyl (C=O) groups is 1. The summed E-state index contributed by atoms with van der Waals surface area (Å²) in [6, 6.07) is 7.90. The van der Waals surface area contributed by atoms with Gasteiger partial charge in [-0.05, 0) is 62.9 Å². The third kappa shape index (κ3) is 2.66. The van der Waals surface area contributed by atoms with Crippen molar-refractivity contribution in [1.29, 1.82) is 0 Å². The lowest BCUT2D eigenvalue weighted by atomic mass is 10.1. The summed E-state index contributed by atoms with van der Waals surface area (Å²) in [5, 5.41) is 7.67. The number of nitrogens with one attached hydrogen (secondary N) is 1. The summed E-state index contributed by atoms with van der Waals surface area (Å²) >= 11 is 0. The van der Waals surface area contributed by atoms with Crippen LogP contribution < -0.4 is 5.32 Å². The van der Waals surface area contributed by atoms with Crippen LogP contribution in [-0.2, 0) is 0 Å². The van der Waals surface area contributed by atoms with Gasteiger partial charge >= 0.3 is 0 Å². The lowest BCUT2D eigenvalue weighted by molar-refractivity contribution is 0.102. The fourth-order valence-electron chi connectivity index (χ4n) is 3.13. The smallest absolute Gasteiger partial charge is 0.259 e. The molecule has 4 rings (SSSR count). The second kappa shape index (κ2) is 5.44. The Bertz CT molecular complexity index is 934. The number of aryl methyl sites for hydroxylation is 3. The van der Waals surface area contributed by atoms with Crippen LogP contribution in [0.25, 0.3) is 11.1 Å². The Hall–Kier alpha value is -2.69. The molecular formula is C19H19N3O2.